The molecule has 1 heterocycles. The molecule has 2 heteroatoms. The minimum atomic E-state index is -0.190. The van der Waals surface area contributed by atoms with Gasteiger partial charge >= 0.3 is 0 Å². The summed E-state index contributed by atoms with van der Waals surface area (Å²) in [6.45, 7) is 2.89. The van der Waals surface area contributed by atoms with Crippen LogP contribution in [0.2, 0.25) is 0 Å². The van der Waals surface area contributed by atoms with Crippen LogP contribution >= 0.6 is 0 Å². The van der Waals surface area contributed by atoms with Gasteiger partial charge in [0.25, 0.3) is 0 Å². The summed E-state index contributed by atoms with van der Waals surface area (Å²) in [6, 6.07) is 0. The summed E-state index contributed by atoms with van der Waals surface area (Å²) in [5.41, 5.74) is 0. The zero-order chi connectivity index (χ0) is 6.69. The van der Waals surface area contributed by atoms with E-state index in [1.54, 1.807) is 0 Å². The van der Waals surface area contributed by atoms with Crippen LogP contribution < -0.4 is 0 Å². The Bertz CT molecular complexity index is 79.0. The quantitative estimate of drug-likeness (QED) is 0.574. The van der Waals surface area contributed by atoms with Gasteiger partial charge in [0.2, 0.25) is 0 Å². The molecule has 1 fully saturated rings. The molecule has 0 bridgehead atoms. The van der Waals surface area contributed by atoms with Crippen molar-refractivity contribution in [2.75, 3.05) is 6.61 Å². The number of epoxide rings is 1. The molecule has 0 aromatic carbocycles. The number of rotatable bonds is 4. The Hall–Kier alpha value is -0.0800. The van der Waals surface area contributed by atoms with Crippen molar-refractivity contribution in [3.8, 4) is 0 Å². The van der Waals surface area contributed by atoms with Crippen LogP contribution in [0.5, 0.6) is 0 Å². The SMILES string of the molecule is CCCCC(O)C1CO1. The zero-order valence-corrected chi connectivity index (χ0v) is 5.84. The van der Waals surface area contributed by atoms with E-state index >= 15 is 0 Å². The van der Waals surface area contributed by atoms with Gasteiger partial charge in [-0.3, -0.25) is 0 Å². The first-order valence-corrected chi connectivity index (χ1v) is 3.64. The van der Waals surface area contributed by atoms with Crippen molar-refractivity contribution in [1.82, 2.24) is 0 Å². The van der Waals surface area contributed by atoms with Crippen molar-refractivity contribution < 1.29 is 9.84 Å². The maximum atomic E-state index is 9.20. The number of unbranched alkanes of at least 4 members (excludes halogenated alkanes) is 1. The summed E-state index contributed by atoms with van der Waals surface area (Å²) < 4.78 is 4.92. The molecular weight excluding hydrogens is 116 g/mol. The van der Waals surface area contributed by atoms with E-state index in [0.29, 0.717) is 0 Å². The molecule has 1 saturated heterocycles. The molecule has 9 heavy (non-hydrogen) atoms. The molecule has 2 atom stereocenters. The van der Waals surface area contributed by atoms with Crippen LogP contribution in [0, 0.1) is 0 Å². The molecule has 1 aliphatic heterocycles. The second-order valence-electron chi connectivity index (χ2n) is 2.58. The van der Waals surface area contributed by atoms with E-state index in [1.165, 1.54) is 0 Å². The van der Waals surface area contributed by atoms with Crippen LogP contribution in [0.15, 0.2) is 0 Å². The highest BCUT2D eigenvalue weighted by molar-refractivity contribution is 4.77. The minimum Gasteiger partial charge on any atom is -0.390 e. The largest absolute Gasteiger partial charge is 0.390 e. The summed E-state index contributed by atoms with van der Waals surface area (Å²) in [5, 5.41) is 9.20. The molecule has 0 amide bonds. The Labute approximate surface area is 55.8 Å². The van der Waals surface area contributed by atoms with Gasteiger partial charge in [0.05, 0.1) is 12.7 Å². The van der Waals surface area contributed by atoms with E-state index in [9.17, 15) is 5.11 Å². The van der Waals surface area contributed by atoms with Gasteiger partial charge < -0.3 is 9.84 Å². The third-order valence-electron chi connectivity index (χ3n) is 1.64. The first kappa shape index (κ1) is 7.03. The first-order chi connectivity index (χ1) is 4.34. The molecule has 1 N–H and O–H groups in total. The van der Waals surface area contributed by atoms with Gasteiger partial charge in [0.15, 0.2) is 0 Å². The van der Waals surface area contributed by atoms with E-state index in [4.69, 9.17) is 4.74 Å². The molecule has 0 aromatic heterocycles. The van der Waals surface area contributed by atoms with E-state index < -0.39 is 0 Å². The van der Waals surface area contributed by atoms with Crippen molar-refractivity contribution in [1.29, 1.82) is 0 Å². The summed E-state index contributed by atoms with van der Waals surface area (Å²) >= 11 is 0. The number of aliphatic hydroxyl groups excluding tert-OH is 1. The number of hydrogen-bond acceptors (Lipinski definition) is 2. The monoisotopic (exact) mass is 130 g/mol. The fourth-order valence-electron chi connectivity index (χ4n) is 0.877. The van der Waals surface area contributed by atoms with Gasteiger partial charge in [-0.2, -0.15) is 0 Å². The maximum absolute atomic E-state index is 9.20. The van der Waals surface area contributed by atoms with Crippen molar-refractivity contribution >= 4 is 0 Å². The fourth-order valence-corrected chi connectivity index (χ4v) is 0.877. The number of aliphatic hydroxyl groups is 1. The number of ether oxygens (including phenoxy) is 1. The highest BCUT2D eigenvalue weighted by Gasteiger charge is 2.30. The van der Waals surface area contributed by atoms with E-state index in [1.807, 2.05) is 0 Å². The number of hydrogen-bond donors (Lipinski definition) is 1. The Morgan fingerprint density at radius 3 is 2.89 bits per heavy atom. The average molecular weight is 130 g/mol. The van der Waals surface area contributed by atoms with Crippen molar-refractivity contribution in [3.63, 3.8) is 0 Å². The Morgan fingerprint density at radius 1 is 1.78 bits per heavy atom. The Morgan fingerprint density at radius 2 is 2.44 bits per heavy atom. The Kier molecular flexibility index (Phi) is 2.49. The van der Waals surface area contributed by atoms with Gasteiger partial charge in [0, 0.05) is 0 Å². The van der Waals surface area contributed by atoms with Crippen molar-refractivity contribution in [3.05, 3.63) is 0 Å². The van der Waals surface area contributed by atoms with E-state index in [2.05, 4.69) is 6.92 Å². The highest BCUT2D eigenvalue weighted by Crippen LogP contribution is 2.17. The van der Waals surface area contributed by atoms with Gasteiger partial charge in [-0.15, -0.1) is 0 Å². The normalized spacial score (nSPS) is 28.0. The molecule has 2 unspecified atom stereocenters. The second-order valence-corrected chi connectivity index (χ2v) is 2.58. The maximum Gasteiger partial charge on any atom is 0.107 e. The zero-order valence-electron chi connectivity index (χ0n) is 5.84. The van der Waals surface area contributed by atoms with Crippen LogP contribution in [0.3, 0.4) is 0 Å². The summed E-state index contributed by atoms with van der Waals surface area (Å²) in [6.07, 6.45) is 3.16. The lowest BCUT2D eigenvalue weighted by molar-refractivity contribution is 0.124. The summed E-state index contributed by atoms with van der Waals surface area (Å²) in [5.74, 6) is 0. The molecule has 2 nitrogen and oxygen atoms in total. The first-order valence-electron chi connectivity index (χ1n) is 3.64. The predicted octanol–water partition coefficient (Wildman–Crippen LogP) is 0.936. The van der Waals surface area contributed by atoms with Crippen LogP contribution in [0.1, 0.15) is 26.2 Å². The van der Waals surface area contributed by atoms with E-state index in [-0.39, 0.29) is 12.2 Å². The van der Waals surface area contributed by atoms with Crippen LogP contribution in [-0.4, -0.2) is 23.9 Å². The van der Waals surface area contributed by atoms with Crippen molar-refractivity contribution in [2.45, 2.75) is 38.4 Å². The van der Waals surface area contributed by atoms with E-state index in [0.717, 1.165) is 25.9 Å². The third kappa shape index (κ3) is 2.33. The fraction of sp³-hybridized carbons (Fsp3) is 1.00. The molecule has 0 radical (unpaired) electrons. The van der Waals surface area contributed by atoms with Gasteiger partial charge in [-0.05, 0) is 6.42 Å². The smallest absolute Gasteiger partial charge is 0.107 e. The molecule has 54 valence electrons. The molecule has 1 rings (SSSR count). The molecule has 0 aliphatic carbocycles. The van der Waals surface area contributed by atoms with Gasteiger partial charge in [-0.1, -0.05) is 19.8 Å². The second kappa shape index (κ2) is 3.18. The summed E-state index contributed by atoms with van der Waals surface area (Å²) in [4.78, 5) is 0. The van der Waals surface area contributed by atoms with Crippen LogP contribution in [0.4, 0.5) is 0 Å². The third-order valence-corrected chi connectivity index (χ3v) is 1.64. The Balaban J connectivity index is 1.96. The highest BCUT2D eigenvalue weighted by atomic mass is 16.6. The van der Waals surface area contributed by atoms with Crippen LogP contribution in [-0.2, 0) is 4.74 Å². The van der Waals surface area contributed by atoms with Crippen LogP contribution in [0.25, 0.3) is 0 Å². The molecule has 1 aliphatic rings. The lowest BCUT2D eigenvalue weighted by Gasteiger charge is -2.03. The lowest BCUT2D eigenvalue weighted by Crippen LogP contribution is -2.13. The molecule has 0 saturated carbocycles. The molecular formula is C7H14O2. The standard InChI is InChI=1S/C7H14O2/c1-2-3-4-6(8)7-5-9-7/h6-8H,2-5H2,1H3. The predicted molar refractivity (Wildman–Crippen MR) is 35.3 cm³/mol. The molecule has 0 aromatic rings. The van der Waals surface area contributed by atoms with Crippen molar-refractivity contribution in [2.24, 2.45) is 0 Å². The summed E-state index contributed by atoms with van der Waals surface area (Å²) in [7, 11) is 0. The average Bonchev–Trinajstić information content (AvgIpc) is 2.63. The topological polar surface area (TPSA) is 32.8 Å². The van der Waals surface area contributed by atoms with Gasteiger partial charge in [-0.25, -0.2) is 0 Å². The lowest BCUT2D eigenvalue weighted by atomic mass is 10.1. The van der Waals surface area contributed by atoms with Gasteiger partial charge in [0.1, 0.15) is 6.10 Å². The minimum absolute atomic E-state index is 0.177. The molecule has 0 spiro atoms.